The Morgan fingerprint density at radius 3 is 2.50 bits per heavy atom. The van der Waals surface area contributed by atoms with Crippen LogP contribution in [0.1, 0.15) is 5.56 Å². The number of rotatable bonds is 3. The highest BCUT2D eigenvalue weighted by Crippen LogP contribution is 2.25. The van der Waals surface area contributed by atoms with Gasteiger partial charge < -0.3 is 0 Å². The summed E-state index contributed by atoms with van der Waals surface area (Å²) in [5, 5.41) is 9.05. The lowest BCUT2D eigenvalue weighted by Crippen LogP contribution is -2.13. The van der Waals surface area contributed by atoms with Crippen LogP contribution in [0, 0.1) is 11.3 Å². The van der Waals surface area contributed by atoms with Crippen LogP contribution in [0.5, 0.6) is 0 Å². The van der Waals surface area contributed by atoms with E-state index in [1.54, 1.807) is 0 Å². The Balaban J connectivity index is 2.34. The molecule has 0 atom stereocenters. The first kappa shape index (κ1) is 14.6. The van der Waals surface area contributed by atoms with Crippen LogP contribution in [-0.4, -0.2) is 13.4 Å². The average Bonchev–Trinajstić information content (AvgIpc) is 2.41. The van der Waals surface area contributed by atoms with Crippen LogP contribution < -0.4 is 4.72 Å². The minimum absolute atomic E-state index is 0.0395. The predicted molar refractivity (Wildman–Crippen MR) is 76.2 cm³/mol. The molecule has 5 nitrogen and oxygen atoms in total. The van der Waals surface area contributed by atoms with E-state index in [1.807, 2.05) is 6.07 Å². The van der Waals surface area contributed by atoms with Crippen molar-refractivity contribution in [3.63, 3.8) is 0 Å². The van der Waals surface area contributed by atoms with Gasteiger partial charge in [0.2, 0.25) is 0 Å². The molecule has 0 bridgehead atoms. The number of hydrogen-bond donors (Lipinski definition) is 1. The van der Waals surface area contributed by atoms with E-state index in [-0.39, 0.29) is 20.8 Å². The summed E-state index contributed by atoms with van der Waals surface area (Å²) in [5.74, 6) is 0. The summed E-state index contributed by atoms with van der Waals surface area (Å²) in [4.78, 5) is 3.67. The second kappa shape index (κ2) is 5.67. The van der Waals surface area contributed by atoms with E-state index in [0.717, 1.165) is 6.20 Å². The molecule has 0 spiro atoms. The molecule has 1 heterocycles. The fraction of sp³-hybridized carbons (Fsp3) is 0. The van der Waals surface area contributed by atoms with E-state index in [4.69, 9.17) is 28.5 Å². The highest BCUT2D eigenvalue weighted by Gasteiger charge is 2.16. The molecule has 0 saturated heterocycles. The van der Waals surface area contributed by atoms with Crippen molar-refractivity contribution in [3.05, 3.63) is 52.3 Å². The minimum Gasteiger partial charge on any atom is -0.278 e. The summed E-state index contributed by atoms with van der Waals surface area (Å²) in [5.41, 5.74) is 0.520. The third kappa shape index (κ3) is 3.20. The van der Waals surface area contributed by atoms with Crippen molar-refractivity contribution in [2.45, 2.75) is 4.90 Å². The molecule has 1 N–H and O–H groups in total. The van der Waals surface area contributed by atoms with Crippen molar-refractivity contribution < 1.29 is 8.42 Å². The molecule has 0 aliphatic carbocycles. The first-order chi connectivity index (χ1) is 9.42. The first-order valence-electron chi connectivity index (χ1n) is 5.26. The molecule has 2 rings (SSSR count). The van der Waals surface area contributed by atoms with E-state index in [0.29, 0.717) is 5.56 Å². The smallest absolute Gasteiger partial charge is 0.263 e. The lowest BCUT2D eigenvalue weighted by atomic mass is 10.2. The van der Waals surface area contributed by atoms with Crippen LogP contribution in [0.15, 0.2) is 41.4 Å². The topological polar surface area (TPSA) is 82.9 Å². The second-order valence-electron chi connectivity index (χ2n) is 3.73. The predicted octanol–water partition coefficient (Wildman–Crippen LogP) is 3.06. The lowest BCUT2D eigenvalue weighted by molar-refractivity contribution is 0.601. The maximum absolute atomic E-state index is 12.1. The molecular weight excluding hydrogens is 321 g/mol. The summed E-state index contributed by atoms with van der Waals surface area (Å²) in [7, 11) is -3.81. The molecule has 1 aromatic carbocycles. The number of nitriles is 1. The van der Waals surface area contributed by atoms with Crippen molar-refractivity contribution in [2.24, 2.45) is 0 Å². The van der Waals surface area contributed by atoms with Gasteiger partial charge in [-0.15, -0.1) is 0 Å². The van der Waals surface area contributed by atoms with Gasteiger partial charge in [0.25, 0.3) is 10.0 Å². The largest absolute Gasteiger partial charge is 0.278 e. The number of nitrogens with zero attached hydrogens (tertiary/aromatic N) is 2. The van der Waals surface area contributed by atoms with Gasteiger partial charge in [0, 0.05) is 6.20 Å². The van der Waals surface area contributed by atoms with Crippen LogP contribution in [0.2, 0.25) is 10.2 Å². The monoisotopic (exact) mass is 327 g/mol. The maximum Gasteiger partial charge on any atom is 0.263 e. The number of anilines is 1. The molecule has 8 heteroatoms. The average molecular weight is 328 g/mol. The molecule has 0 fully saturated rings. The molecule has 20 heavy (non-hydrogen) atoms. The summed E-state index contributed by atoms with van der Waals surface area (Å²) < 4.78 is 26.5. The fourth-order valence-electron chi connectivity index (χ4n) is 1.39. The van der Waals surface area contributed by atoms with Gasteiger partial charge in [-0.05, 0) is 30.3 Å². The Kier molecular flexibility index (Phi) is 4.14. The van der Waals surface area contributed by atoms with Crippen molar-refractivity contribution >= 4 is 38.9 Å². The number of aromatic nitrogens is 1. The number of halogens is 2. The van der Waals surface area contributed by atoms with Gasteiger partial charge in [-0.1, -0.05) is 23.2 Å². The summed E-state index contributed by atoms with van der Waals surface area (Å²) >= 11 is 11.5. The zero-order valence-corrected chi connectivity index (χ0v) is 12.2. The van der Waals surface area contributed by atoms with Crippen molar-refractivity contribution in [2.75, 3.05) is 4.72 Å². The minimum atomic E-state index is -3.81. The molecular formula is C12H7Cl2N3O2S. The Morgan fingerprint density at radius 1 is 1.20 bits per heavy atom. The maximum atomic E-state index is 12.1. The van der Waals surface area contributed by atoms with Crippen molar-refractivity contribution in [3.8, 4) is 6.07 Å². The fourth-order valence-corrected chi connectivity index (χ4v) is 2.81. The standard InChI is InChI=1S/C12H7Cl2N3O2S/c13-10-5-8(6-15)1-3-11(10)17-20(18,19)9-2-4-12(14)16-7-9/h1-5,7,17H. The number of hydrogen-bond acceptors (Lipinski definition) is 4. The van der Waals surface area contributed by atoms with E-state index in [9.17, 15) is 8.42 Å². The number of pyridine rings is 1. The van der Waals surface area contributed by atoms with E-state index in [2.05, 4.69) is 9.71 Å². The molecule has 0 amide bonds. The SMILES string of the molecule is N#Cc1ccc(NS(=O)(=O)c2ccc(Cl)nc2)c(Cl)c1. The Hall–Kier alpha value is -1.81. The van der Waals surface area contributed by atoms with Crippen LogP contribution in [0.25, 0.3) is 0 Å². The van der Waals surface area contributed by atoms with Crippen LogP contribution in [-0.2, 0) is 10.0 Å². The van der Waals surface area contributed by atoms with Crippen LogP contribution >= 0.6 is 23.2 Å². The number of nitrogens with one attached hydrogen (secondary N) is 1. The number of sulfonamides is 1. The van der Waals surface area contributed by atoms with Crippen molar-refractivity contribution in [1.29, 1.82) is 5.26 Å². The highest BCUT2D eigenvalue weighted by molar-refractivity contribution is 7.92. The van der Waals surface area contributed by atoms with Gasteiger partial charge in [0.15, 0.2) is 0 Å². The molecule has 0 aliphatic heterocycles. The molecule has 0 saturated carbocycles. The van der Waals surface area contributed by atoms with Gasteiger partial charge in [-0.3, -0.25) is 4.72 Å². The summed E-state index contributed by atoms with van der Waals surface area (Å²) in [6, 6.07) is 8.86. The normalized spacial score (nSPS) is 10.8. The zero-order valence-electron chi connectivity index (χ0n) is 9.84. The summed E-state index contributed by atoms with van der Waals surface area (Å²) in [6.45, 7) is 0. The molecule has 0 radical (unpaired) electrons. The Bertz CT molecular complexity index is 783. The van der Waals surface area contributed by atoms with Gasteiger partial charge in [-0.2, -0.15) is 5.26 Å². The zero-order chi connectivity index (χ0) is 14.8. The third-order valence-corrected chi connectivity index (χ3v) is 4.24. The van der Waals surface area contributed by atoms with E-state index < -0.39 is 10.0 Å². The summed E-state index contributed by atoms with van der Waals surface area (Å²) in [6.07, 6.45) is 1.14. The highest BCUT2D eigenvalue weighted by atomic mass is 35.5. The van der Waals surface area contributed by atoms with Gasteiger partial charge in [-0.25, -0.2) is 13.4 Å². The molecule has 2 aromatic rings. The van der Waals surface area contributed by atoms with Gasteiger partial charge in [0.05, 0.1) is 22.3 Å². The molecule has 102 valence electrons. The van der Waals surface area contributed by atoms with Crippen LogP contribution in [0.3, 0.4) is 0 Å². The molecule has 0 unspecified atom stereocenters. The second-order valence-corrected chi connectivity index (χ2v) is 6.21. The lowest BCUT2D eigenvalue weighted by Gasteiger charge is -2.09. The first-order valence-corrected chi connectivity index (χ1v) is 7.50. The van der Waals surface area contributed by atoms with E-state index in [1.165, 1.54) is 30.3 Å². The number of benzene rings is 1. The molecule has 1 aromatic heterocycles. The third-order valence-electron chi connectivity index (χ3n) is 2.35. The Labute approximate surface area is 125 Å². The Morgan fingerprint density at radius 2 is 1.95 bits per heavy atom. The molecule has 0 aliphatic rings. The quantitative estimate of drug-likeness (QED) is 0.878. The van der Waals surface area contributed by atoms with Gasteiger partial charge in [0.1, 0.15) is 10.0 Å². The van der Waals surface area contributed by atoms with E-state index >= 15 is 0 Å². The van der Waals surface area contributed by atoms with Gasteiger partial charge >= 0.3 is 0 Å². The van der Waals surface area contributed by atoms with Crippen molar-refractivity contribution in [1.82, 2.24) is 4.98 Å². The van der Waals surface area contributed by atoms with Crippen LogP contribution in [0.4, 0.5) is 5.69 Å².